The summed E-state index contributed by atoms with van der Waals surface area (Å²) in [7, 11) is 0. The Hall–Kier alpha value is -1.68. The molecule has 0 aliphatic heterocycles. The Balaban J connectivity index is 2.28. The summed E-state index contributed by atoms with van der Waals surface area (Å²) in [5.41, 5.74) is 6.55. The van der Waals surface area contributed by atoms with Crippen molar-refractivity contribution in [3.8, 4) is 0 Å². The van der Waals surface area contributed by atoms with Crippen molar-refractivity contribution in [2.24, 2.45) is 5.73 Å². The molecule has 2 aromatic rings. The molecule has 0 saturated heterocycles. The molecule has 4 heteroatoms. The molecule has 2 nitrogen and oxygen atoms in total. The standard InChI is InChI=1S/C13H14F2N2/c14-12-4-1-5-13(15)11(12)9-17-8-2-3-10(17)6-7-16/h1-5,8H,6-7,9,16H2. The van der Waals surface area contributed by atoms with E-state index in [1.165, 1.54) is 18.2 Å². The van der Waals surface area contributed by atoms with Crippen molar-refractivity contribution in [2.45, 2.75) is 13.0 Å². The van der Waals surface area contributed by atoms with E-state index in [1.54, 1.807) is 6.20 Å². The second kappa shape index (κ2) is 5.10. The molecule has 0 bridgehead atoms. The van der Waals surface area contributed by atoms with Crippen LogP contribution in [0.3, 0.4) is 0 Å². The number of benzene rings is 1. The third-order valence-electron chi connectivity index (χ3n) is 2.71. The van der Waals surface area contributed by atoms with Crippen LogP contribution < -0.4 is 5.73 Å². The summed E-state index contributed by atoms with van der Waals surface area (Å²) in [5, 5.41) is 0. The highest BCUT2D eigenvalue weighted by Crippen LogP contribution is 2.15. The zero-order valence-corrected chi connectivity index (χ0v) is 9.37. The van der Waals surface area contributed by atoms with Crippen molar-refractivity contribution >= 4 is 0 Å². The predicted octanol–water partition coefficient (Wildman–Crippen LogP) is 2.32. The Labute approximate surface area is 98.7 Å². The van der Waals surface area contributed by atoms with Gasteiger partial charge in [0.25, 0.3) is 0 Å². The van der Waals surface area contributed by atoms with Crippen molar-refractivity contribution in [1.82, 2.24) is 4.57 Å². The van der Waals surface area contributed by atoms with Gasteiger partial charge in [-0.2, -0.15) is 0 Å². The number of aromatic nitrogens is 1. The predicted molar refractivity (Wildman–Crippen MR) is 62.7 cm³/mol. The average Bonchev–Trinajstić information content (AvgIpc) is 2.72. The molecule has 1 heterocycles. The van der Waals surface area contributed by atoms with Crippen molar-refractivity contribution in [2.75, 3.05) is 6.54 Å². The monoisotopic (exact) mass is 236 g/mol. The molecule has 0 spiro atoms. The van der Waals surface area contributed by atoms with Crippen LogP contribution in [0.15, 0.2) is 36.5 Å². The van der Waals surface area contributed by atoms with Crippen LogP contribution >= 0.6 is 0 Å². The molecule has 0 radical (unpaired) electrons. The molecule has 1 aromatic heterocycles. The van der Waals surface area contributed by atoms with E-state index in [2.05, 4.69) is 0 Å². The van der Waals surface area contributed by atoms with Gasteiger partial charge in [0.15, 0.2) is 0 Å². The van der Waals surface area contributed by atoms with Gasteiger partial charge >= 0.3 is 0 Å². The van der Waals surface area contributed by atoms with Crippen molar-refractivity contribution in [1.29, 1.82) is 0 Å². The smallest absolute Gasteiger partial charge is 0.131 e. The van der Waals surface area contributed by atoms with Crippen LogP contribution in [0.4, 0.5) is 8.78 Å². The number of nitrogens with zero attached hydrogens (tertiary/aromatic N) is 1. The lowest BCUT2D eigenvalue weighted by Gasteiger charge is -2.10. The highest BCUT2D eigenvalue weighted by molar-refractivity contribution is 5.21. The first-order chi connectivity index (χ1) is 8.22. The average molecular weight is 236 g/mol. The molecule has 0 aliphatic rings. The summed E-state index contributed by atoms with van der Waals surface area (Å²) in [6, 6.07) is 7.66. The Bertz CT molecular complexity index is 486. The van der Waals surface area contributed by atoms with Crippen LogP contribution in [0.1, 0.15) is 11.3 Å². The topological polar surface area (TPSA) is 30.9 Å². The number of halogens is 2. The first kappa shape index (κ1) is 11.8. The zero-order chi connectivity index (χ0) is 12.3. The van der Waals surface area contributed by atoms with Gasteiger partial charge in [0.2, 0.25) is 0 Å². The highest BCUT2D eigenvalue weighted by Gasteiger charge is 2.10. The summed E-state index contributed by atoms with van der Waals surface area (Å²) in [6.45, 7) is 0.713. The van der Waals surface area contributed by atoms with Crippen LogP contribution in [0.5, 0.6) is 0 Å². The molecule has 1 aromatic carbocycles. The van der Waals surface area contributed by atoms with E-state index in [9.17, 15) is 8.78 Å². The Morgan fingerprint density at radius 3 is 2.41 bits per heavy atom. The van der Waals surface area contributed by atoms with E-state index in [-0.39, 0.29) is 12.1 Å². The first-order valence-electron chi connectivity index (χ1n) is 5.49. The minimum absolute atomic E-state index is 0.0852. The molecule has 0 fully saturated rings. The molecule has 2 N–H and O–H groups in total. The molecule has 0 unspecified atom stereocenters. The fraction of sp³-hybridized carbons (Fsp3) is 0.231. The largest absolute Gasteiger partial charge is 0.347 e. The second-order valence-electron chi connectivity index (χ2n) is 3.87. The molecule has 0 amide bonds. The Morgan fingerprint density at radius 1 is 1.06 bits per heavy atom. The van der Waals surface area contributed by atoms with Crippen LogP contribution in [-0.4, -0.2) is 11.1 Å². The van der Waals surface area contributed by atoms with Crippen LogP contribution in [0, 0.1) is 11.6 Å². The molecule has 90 valence electrons. The fourth-order valence-corrected chi connectivity index (χ4v) is 1.83. The van der Waals surface area contributed by atoms with Crippen molar-refractivity contribution in [3.05, 3.63) is 59.4 Å². The lowest BCUT2D eigenvalue weighted by Crippen LogP contribution is -2.10. The zero-order valence-electron chi connectivity index (χ0n) is 9.37. The number of nitrogens with two attached hydrogens (primary N) is 1. The van der Waals surface area contributed by atoms with E-state index in [0.717, 1.165) is 5.69 Å². The molecule has 17 heavy (non-hydrogen) atoms. The summed E-state index contributed by atoms with van der Waals surface area (Å²) in [6.07, 6.45) is 2.50. The molecule has 0 atom stereocenters. The SMILES string of the molecule is NCCc1cccn1Cc1c(F)cccc1F. The molecule has 0 aliphatic carbocycles. The third-order valence-corrected chi connectivity index (χ3v) is 2.71. The molecular weight excluding hydrogens is 222 g/mol. The lowest BCUT2D eigenvalue weighted by molar-refractivity contribution is 0.541. The van der Waals surface area contributed by atoms with E-state index < -0.39 is 11.6 Å². The summed E-state index contributed by atoms with van der Waals surface area (Å²) >= 11 is 0. The van der Waals surface area contributed by atoms with Gasteiger partial charge in [0.05, 0.1) is 6.54 Å². The number of hydrogen-bond acceptors (Lipinski definition) is 1. The van der Waals surface area contributed by atoms with E-state index in [0.29, 0.717) is 13.0 Å². The fourth-order valence-electron chi connectivity index (χ4n) is 1.83. The normalized spacial score (nSPS) is 10.8. The summed E-state index contributed by atoms with van der Waals surface area (Å²) in [5.74, 6) is -1.03. The van der Waals surface area contributed by atoms with Crippen molar-refractivity contribution < 1.29 is 8.78 Å². The van der Waals surface area contributed by atoms with Crippen LogP contribution in [0.2, 0.25) is 0 Å². The van der Waals surface area contributed by atoms with Gasteiger partial charge in [-0.25, -0.2) is 8.78 Å². The van der Waals surface area contributed by atoms with Gasteiger partial charge in [0, 0.05) is 17.5 Å². The number of hydrogen-bond donors (Lipinski definition) is 1. The van der Waals surface area contributed by atoms with E-state index >= 15 is 0 Å². The first-order valence-corrected chi connectivity index (χ1v) is 5.49. The van der Waals surface area contributed by atoms with Gasteiger partial charge in [-0.3, -0.25) is 0 Å². The van der Waals surface area contributed by atoms with Crippen LogP contribution in [-0.2, 0) is 13.0 Å². The maximum atomic E-state index is 13.5. The lowest BCUT2D eigenvalue weighted by atomic mass is 10.2. The molecular formula is C13H14F2N2. The second-order valence-corrected chi connectivity index (χ2v) is 3.87. The summed E-state index contributed by atoms with van der Waals surface area (Å²) in [4.78, 5) is 0. The third kappa shape index (κ3) is 2.53. The van der Waals surface area contributed by atoms with E-state index in [1.807, 2.05) is 16.7 Å². The molecule has 2 rings (SSSR count). The molecule has 0 saturated carbocycles. The van der Waals surface area contributed by atoms with Crippen molar-refractivity contribution in [3.63, 3.8) is 0 Å². The van der Waals surface area contributed by atoms with E-state index in [4.69, 9.17) is 5.73 Å². The minimum atomic E-state index is -0.516. The quantitative estimate of drug-likeness (QED) is 0.867. The maximum absolute atomic E-state index is 13.5. The Kier molecular flexibility index (Phi) is 3.54. The minimum Gasteiger partial charge on any atom is -0.347 e. The number of rotatable bonds is 4. The maximum Gasteiger partial charge on any atom is 0.131 e. The van der Waals surface area contributed by atoms with Gasteiger partial charge in [-0.05, 0) is 37.2 Å². The van der Waals surface area contributed by atoms with Gasteiger partial charge < -0.3 is 10.3 Å². The van der Waals surface area contributed by atoms with Crippen LogP contribution in [0.25, 0.3) is 0 Å². The summed E-state index contributed by atoms with van der Waals surface area (Å²) < 4.78 is 28.8. The van der Waals surface area contributed by atoms with Gasteiger partial charge in [-0.15, -0.1) is 0 Å². The van der Waals surface area contributed by atoms with Gasteiger partial charge in [0.1, 0.15) is 11.6 Å². The highest BCUT2D eigenvalue weighted by atomic mass is 19.1. The van der Waals surface area contributed by atoms with Gasteiger partial charge in [-0.1, -0.05) is 6.07 Å². The Morgan fingerprint density at radius 2 is 1.76 bits per heavy atom.